The summed E-state index contributed by atoms with van der Waals surface area (Å²) in [5.74, 6) is 0. The maximum absolute atomic E-state index is 5.90. The number of nitrogens with two attached hydrogens (primary N) is 1. The van der Waals surface area contributed by atoms with Crippen LogP contribution in [0.4, 0.5) is 0 Å². The molecular weight excluding hydrogens is 184 g/mol. The number of pyridine rings is 1. The number of aryl methyl sites for hydroxylation is 1. The Morgan fingerprint density at radius 1 is 1.77 bits per heavy atom. The van der Waals surface area contributed by atoms with Crippen molar-refractivity contribution in [1.29, 1.82) is 0 Å². The maximum atomic E-state index is 5.90. The number of rotatable bonds is 3. The fraction of sp³-hybridized carbons (Fsp3) is 0.300. The van der Waals surface area contributed by atoms with Gasteiger partial charge in [0, 0.05) is 12.2 Å². The topological polar surface area (TPSA) is 38.9 Å². The number of halogens is 1. The highest BCUT2D eigenvalue weighted by Crippen LogP contribution is 2.19. The molecule has 0 aromatic carbocycles. The van der Waals surface area contributed by atoms with E-state index in [1.807, 2.05) is 13.0 Å². The monoisotopic (exact) mass is 196 g/mol. The molecule has 0 fully saturated rings. The minimum absolute atomic E-state index is 0.0257. The molecule has 3 heteroatoms. The third kappa shape index (κ3) is 2.54. The smallest absolute Gasteiger partial charge is 0.129 e. The Kier molecular flexibility index (Phi) is 3.46. The molecule has 0 radical (unpaired) electrons. The van der Waals surface area contributed by atoms with Gasteiger partial charge >= 0.3 is 0 Å². The van der Waals surface area contributed by atoms with Crippen molar-refractivity contribution in [1.82, 2.24) is 4.98 Å². The lowest BCUT2D eigenvalue weighted by Crippen LogP contribution is -2.11. The van der Waals surface area contributed by atoms with E-state index in [0.717, 1.165) is 17.5 Å². The van der Waals surface area contributed by atoms with Crippen molar-refractivity contribution < 1.29 is 0 Å². The summed E-state index contributed by atoms with van der Waals surface area (Å²) in [6.07, 6.45) is 4.29. The van der Waals surface area contributed by atoms with Crippen molar-refractivity contribution in [3.63, 3.8) is 0 Å². The Morgan fingerprint density at radius 3 is 3.00 bits per heavy atom. The van der Waals surface area contributed by atoms with E-state index in [1.54, 1.807) is 12.3 Å². The number of hydrogen-bond acceptors (Lipinski definition) is 2. The van der Waals surface area contributed by atoms with Gasteiger partial charge in [-0.2, -0.15) is 0 Å². The van der Waals surface area contributed by atoms with Gasteiger partial charge in [-0.3, -0.25) is 0 Å². The highest BCUT2D eigenvalue weighted by Gasteiger charge is 2.07. The fourth-order valence-corrected chi connectivity index (χ4v) is 1.44. The minimum atomic E-state index is -0.0257. The Labute approximate surface area is 83.4 Å². The van der Waals surface area contributed by atoms with Crippen molar-refractivity contribution in [3.8, 4) is 0 Å². The molecule has 0 spiro atoms. The molecule has 1 rings (SSSR count). The quantitative estimate of drug-likeness (QED) is 0.596. The zero-order chi connectivity index (χ0) is 9.84. The molecule has 0 amide bonds. The fourth-order valence-electron chi connectivity index (χ4n) is 1.23. The largest absolute Gasteiger partial charge is 0.324 e. The lowest BCUT2D eigenvalue weighted by atomic mass is 10.0. The van der Waals surface area contributed by atoms with Crippen LogP contribution in [-0.2, 0) is 0 Å². The standard InChI is InChI=1S/C10H13ClN2/c1-3-4-9(12)8-6-13-10(11)5-7(8)2/h3,5-6,9H,1,4,12H2,2H3/t9-/m0/s1. The van der Waals surface area contributed by atoms with Crippen LogP contribution >= 0.6 is 11.6 Å². The van der Waals surface area contributed by atoms with Gasteiger partial charge in [0.25, 0.3) is 0 Å². The van der Waals surface area contributed by atoms with Gasteiger partial charge in [-0.25, -0.2) is 4.98 Å². The van der Waals surface area contributed by atoms with Gasteiger partial charge in [-0.15, -0.1) is 6.58 Å². The Balaban J connectivity index is 2.94. The van der Waals surface area contributed by atoms with Crippen molar-refractivity contribution in [2.75, 3.05) is 0 Å². The number of hydrogen-bond donors (Lipinski definition) is 1. The van der Waals surface area contributed by atoms with Crippen molar-refractivity contribution in [2.24, 2.45) is 5.73 Å². The molecule has 1 aromatic heterocycles. The van der Waals surface area contributed by atoms with Gasteiger partial charge in [0.1, 0.15) is 5.15 Å². The first kappa shape index (κ1) is 10.2. The summed E-state index contributed by atoms with van der Waals surface area (Å²) < 4.78 is 0. The first-order valence-corrected chi connectivity index (χ1v) is 4.51. The summed E-state index contributed by atoms with van der Waals surface area (Å²) in [4.78, 5) is 3.99. The van der Waals surface area contributed by atoms with E-state index in [1.165, 1.54) is 0 Å². The molecule has 0 aliphatic rings. The van der Waals surface area contributed by atoms with Crippen LogP contribution in [0.2, 0.25) is 5.15 Å². The molecule has 1 aromatic rings. The van der Waals surface area contributed by atoms with Crippen LogP contribution in [0.5, 0.6) is 0 Å². The van der Waals surface area contributed by atoms with Crippen LogP contribution in [0.3, 0.4) is 0 Å². The molecule has 0 saturated carbocycles. The first-order valence-electron chi connectivity index (χ1n) is 4.13. The van der Waals surface area contributed by atoms with Crippen LogP contribution in [0, 0.1) is 6.92 Å². The second kappa shape index (κ2) is 4.40. The van der Waals surface area contributed by atoms with Crippen LogP contribution in [0.25, 0.3) is 0 Å². The molecule has 1 heterocycles. The average Bonchev–Trinajstić information content (AvgIpc) is 2.04. The summed E-state index contributed by atoms with van der Waals surface area (Å²) >= 11 is 5.73. The number of aromatic nitrogens is 1. The molecule has 2 N–H and O–H groups in total. The Hall–Kier alpha value is -0.860. The first-order chi connectivity index (χ1) is 6.15. The van der Waals surface area contributed by atoms with E-state index < -0.39 is 0 Å². The van der Waals surface area contributed by atoms with Crippen LogP contribution in [-0.4, -0.2) is 4.98 Å². The molecule has 0 aliphatic carbocycles. The second-order valence-corrected chi connectivity index (χ2v) is 3.38. The van der Waals surface area contributed by atoms with E-state index in [4.69, 9.17) is 17.3 Å². The van der Waals surface area contributed by atoms with Crippen LogP contribution < -0.4 is 5.73 Å². The summed E-state index contributed by atoms with van der Waals surface area (Å²) in [6.45, 7) is 5.62. The molecule has 13 heavy (non-hydrogen) atoms. The van der Waals surface area contributed by atoms with Crippen LogP contribution in [0.1, 0.15) is 23.6 Å². The van der Waals surface area contributed by atoms with Crippen molar-refractivity contribution >= 4 is 11.6 Å². The molecule has 0 saturated heterocycles. The molecule has 0 unspecified atom stereocenters. The summed E-state index contributed by atoms with van der Waals surface area (Å²) in [5, 5.41) is 0.507. The van der Waals surface area contributed by atoms with Gasteiger partial charge in [-0.1, -0.05) is 17.7 Å². The third-order valence-corrected chi connectivity index (χ3v) is 2.14. The minimum Gasteiger partial charge on any atom is -0.324 e. The van der Waals surface area contributed by atoms with Gasteiger partial charge < -0.3 is 5.73 Å². The van der Waals surface area contributed by atoms with Gasteiger partial charge in [0.05, 0.1) is 0 Å². The third-order valence-electron chi connectivity index (χ3n) is 1.94. The average molecular weight is 197 g/mol. The lowest BCUT2D eigenvalue weighted by Gasteiger charge is -2.11. The summed E-state index contributed by atoms with van der Waals surface area (Å²) in [7, 11) is 0. The molecule has 70 valence electrons. The normalized spacial score (nSPS) is 12.5. The van der Waals surface area contributed by atoms with Crippen molar-refractivity contribution in [2.45, 2.75) is 19.4 Å². The zero-order valence-electron chi connectivity index (χ0n) is 7.63. The maximum Gasteiger partial charge on any atom is 0.129 e. The highest BCUT2D eigenvalue weighted by molar-refractivity contribution is 6.29. The predicted octanol–water partition coefficient (Wildman–Crippen LogP) is 2.62. The van der Waals surface area contributed by atoms with E-state index in [-0.39, 0.29) is 6.04 Å². The van der Waals surface area contributed by atoms with Gasteiger partial charge in [0.15, 0.2) is 0 Å². The highest BCUT2D eigenvalue weighted by atomic mass is 35.5. The molecule has 1 atom stereocenters. The Bertz CT molecular complexity index is 310. The molecule has 0 bridgehead atoms. The molecular formula is C10H13ClN2. The Morgan fingerprint density at radius 2 is 2.46 bits per heavy atom. The SMILES string of the molecule is C=CC[C@H](N)c1cnc(Cl)cc1C. The van der Waals surface area contributed by atoms with Gasteiger partial charge in [0.2, 0.25) is 0 Å². The van der Waals surface area contributed by atoms with E-state index in [2.05, 4.69) is 11.6 Å². The van der Waals surface area contributed by atoms with Crippen molar-refractivity contribution in [3.05, 3.63) is 41.2 Å². The zero-order valence-corrected chi connectivity index (χ0v) is 8.38. The summed E-state index contributed by atoms with van der Waals surface area (Å²) in [5.41, 5.74) is 8.01. The van der Waals surface area contributed by atoms with Gasteiger partial charge in [-0.05, 0) is 30.5 Å². The molecule has 0 aliphatic heterocycles. The van der Waals surface area contributed by atoms with E-state index in [0.29, 0.717) is 5.15 Å². The lowest BCUT2D eigenvalue weighted by molar-refractivity contribution is 0.731. The van der Waals surface area contributed by atoms with E-state index >= 15 is 0 Å². The number of nitrogens with zero attached hydrogens (tertiary/aromatic N) is 1. The van der Waals surface area contributed by atoms with E-state index in [9.17, 15) is 0 Å². The second-order valence-electron chi connectivity index (χ2n) is 2.99. The van der Waals surface area contributed by atoms with Crippen LogP contribution in [0.15, 0.2) is 24.9 Å². The summed E-state index contributed by atoms with van der Waals surface area (Å²) in [6, 6.07) is 1.79. The molecule has 2 nitrogen and oxygen atoms in total. The predicted molar refractivity (Wildman–Crippen MR) is 55.7 cm³/mol.